The number of sulfonamides is 1. The Kier molecular flexibility index (Phi) is 4.59. The summed E-state index contributed by atoms with van der Waals surface area (Å²) in [5, 5.41) is 2.98. The minimum absolute atomic E-state index is 0.293. The fourth-order valence-corrected chi connectivity index (χ4v) is 3.14. The largest absolute Gasteiger partial charge is 0.363 e. The number of hydrogen-bond donors (Lipinski definition) is 2. The third-order valence-corrected chi connectivity index (χ3v) is 4.82. The van der Waals surface area contributed by atoms with Crippen LogP contribution in [0.3, 0.4) is 0 Å². The smallest absolute Gasteiger partial charge is 0.244 e. The predicted molar refractivity (Wildman–Crippen MR) is 78.7 cm³/mol. The van der Waals surface area contributed by atoms with Gasteiger partial charge in [0.2, 0.25) is 10.0 Å². The van der Waals surface area contributed by atoms with E-state index < -0.39 is 10.0 Å². The van der Waals surface area contributed by atoms with Crippen molar-refractivity contribution < 1.29 is 8.42 Å². The molecule has 2 N–H and O–H groups in total. The summed E-state index contributed by atoms with van der Waals surface area (Å²) < 4.78 is 26.2. The van der Waals surface area contributed by atoms with E-state index in [1.54, 1.807) is 13.1 Å². The molecule has 0 bridgehead atoms. The quantitative estimate of drug-likeness (QED) is 0.849. The van der Waals surface area contributed by atoms with E-state index in [1.807, 2.05) is 37.4 Å². The van der Waals surface area contributed by atoms with Gasteiger partial charge in [0.15, 0.2) is 0 Å². The normalized spacial score (nSPS) is 11.9. The van der Waals surface area contributed by atoms with Crippen molar-refractivity contribution in [3.8, 4) is 0 Å². The Labute approximate surface area is 119 Å². The SMILES string of the molecule is CNCc1cc(S(=O)(=O)N(C)Cc2ccccc2)c[nH]1. The lowest BCUT2D eigenvalue weighted by molar-refractivity contribution is 0.467. The molecule has 0 atom stereocenters. The second-order valence-electron chi connectivity index (χ2n) is 4.64. The van der Waals surface area contributed by atoms with Crippen molar-refractivity contribution >= 4 is 10.0 Å². The van der Waals surface area contributed by atoms with Gasteiger partial charge in [0, 0.05) is 32.0 Å². The molecule has 1 aromatic heterocycles. The van der Waals surface area contributed by atoms with Crippen molar-refractivity contribution in [1.82, 2.24) is 14.6 Å². The highest BCUT2D eigenvalue weighted by Crippen LogP contribution is 2.17. The Balaban J connectivity index is 2.16. The third kappa shape index (κ3) is 3.27. The van der Waals surface area contributed by atoms with E-state index in [0.29, 0.717) is 18.0 Å². The van der Waals surface area contributed by atoms with Crippen LogP contribution in [0.5, 0.6) is 0 Å². The molecular weight excluding hydrogens is 274 g/mol. The minimum Gasteiger partial charge on any atom is -0.363 e. The molecule has 2 aromatic rings. The number of hydrogen-bond acceptors (Lipinski definition) is 3. The van der Waals surface area contributed by atoms with Crippen LogP contribution in [0.25, 0.3) is 0 Å². The van der Waals surface area contributed by atoms with Crippen molar-refractivity contribution in [2.45, 2.75) is 18.0 Å². The summed E-state index contributed by atoms with van der Waals surface area (Å²) in [7, 11) is -0.0540. The van der Waals surface area contributed by atoms with E-state index in [2.05, 4.69) is 10.3 Å². The van der Waals surface area contributed by atoms with Gasteiger partial charge in [-0.2, -0.15) is 4.31 Å². The zero-order valence-corrected chi connectivity index (χ0v) is 12.4. The Bertz CT molecular complexity index is 650. The third-order valence-electron chi connectivity index (χ3n) is 3.04. The molecule has 1 heterocycles. The van der Waals surface area contributed by atoms with Crippen LogP contribution >= 0.6 is 0 Å². The van der Waals surface area contributed by atoms with Crippen molar-refractivity contribution in [2.24, 2.45) is 0 Å². The number of aromatic amines is 1. The zero-order chi connectivity index (χ0) is 14.6. The Hall–Kier alpha value is -1.63. The maximum atomic E-state index is 12.4. The van der Waals surface area contributed by atoms with Gasteiger partial charge in [-0.3, -0.25) is 0 Å². The summed E-state index contributed by atoms with van der Waals surface area (Å²) in [6, 6.07) is 11.2. The molecule has 20 heavy (non-hydrogen) atoms. The fraction of sp³-hybridized carbons (Fsp3) is 0.286. The Morgan fingerprint density at radius 2 is 1.95 bits per heavy atom. The van der Waals surface area contributed by atoms with Crippen LogP contribution in [0, 0.1) is 0 Å². The number of benzene rings is 1. The van der Waals surface area contributed by atoms with Crippen LogP contribution in [0.1, 0.15) is 11.3 Å². The lowest BCUT2D eigenvalue weighted by atomic mass is 10.2. The average molecular weight is 293 g/mol. The van der Waals surface area contributed by atoms with E-state index in [0.717, 1.165) is 11.3 Å². The van der Waals surface area contributed by atoms with Gasteiger partial charge in [-0.05, 0) is 18.7 Å². The highest BCUT2D eigenvalue weighted by atomic mass is 32.2. The van der Waals surface area contributed by atoms with Crippen LogP contribution < -0.4 is 5.32 Å². The molecule has 6 heteroatoms. The van der Waals surface area contributed by atoms with E-state index in [1.165, 1.54) is 10.5 Å². The van der Waals surface area contributed by atoms with E-state index in [4.69, 9.17) is 0 Å². The van der Waals surface area contributed by atoms with Crippen LogP contribution in [-0.4, -0.2) is 31.8 Å². The van der Waals surface area contributed by atoms with Crippen LogP contribution in [0.15, 0.2) is 47.5 Å². The van der Waals surface area contributed by atoms with Gasteiger partial charge < -0.3 is 10.3 Å². The molecule has 0 unspecified atom stereocenters. The fourth-order valence-electron chi connectivity index (χ4n) is 1.97. The molecule has 5 nitrogen and oxygen atoms in total. The lowest BCUT2D eigenvalue weighted by Gasteiger charge is -2.16. The molecule has 108 valence electrons. The first-order valence-corrected chi connectivity index (χ1v) is 7.80. The second kappa shape index (κ2) is 6.21. The maximum Gasteiger partial charge on any atom is 0.244 e. The van der Waals surface area contributed by atoms with Crippen molar-refractivity contribution in [1.29, 1.82) is 0 Å². The standard InChI is InChI=1S/C14H19N3O2S/c1-15-9-13-8-14(10-16-13)20(18,19)17(2)11-12-6-4-3-5-7-12/h3-8,10,15-16H,9,11H2,1-2H3. The minimum atomic E-state index is -3.46. The molecule has 0 radical (unpaired) electrons. The van der Waals surface area contributed by atoms with E-state index in [-0.39, 0.29) is 0 Å². The molecule has 0 saturated carbocycles. The number of rotatable bonds is 6. The maximum absolute atomic E-state index is 12.4. The van der Waals surface area contributed by atoms with Crippen LogP contribution in [0.2, 0.25) is 0 Å². The summed E-state index contributed by atoms with van der Waals surface area (Å²) in [4.78, 5) is 3.26. The van der Waals surface area contributed by atoms with E-state index in [9.17, 15) is 8.42 Å². The lowest BCUT2D eigenvalue weighted by Crippen LogP contribution is -2.26. The summed E-state index contributed by atoms with van der Waals surface area (Å²) >= 11 is 0. The van der Waals surface area contributed by atoms with Gasteiger partial charge in [0.1, 0.15) is 0 Å². The topological polar surface area (TPSA) is 65.2 Å². The molecule has 0 fully saturated rings. The zero-order valence-electron chi connectivity index (χ0n) is 11.6. The first kappa shape index (κ1) is 14.8. The van der Waals surface area contributed by atoms with Gasteiger partial charge in [0.05, 0.1) is 4.90 Å². The highest BCUT2D eigenvalue weighted by molar-refractivity contribution is 7.89. The summed E-state index contributed by atoms with van der Waals surface area (Å²) in [6.45, 7) is 0.966. The molecule has 0 amide bonds. The van der Waals surface area contributed by atoms with Gasteiger partial charge in [0.25, 0.3) is 0 Å². The van der Waals surface area contributed by atoms with Gasteiger partial charge in [-0.25, -0.2) is 8.42 Å². The summed E-state index contributed by atoms with van der Waals surface area (Å²) in [6.07, 6.45) is 1.53. The molecule has 0 aliphatic heterocycles. The molecule has 1 aromatic carbocycles. The second-order valence-corrected chi connectivity index (χ2v) is 6.68. The number of nitrogens with one attached hydrogen (secondary N) is 2. The Morgan fingerprint density at radius 3 is 2.60 bits per heavy atom. The number of H-pyrrole nitrogens is 1. The molecule has 0 saturated heterocycles. The first-order chi connectivity index (χ1) is 9.54. The summed E-state index contributed by atoms with van der Waals surface area (Å²) in [5.41, 5.74) is 1.81. The van der Waals surface area contributed by atoms with Gasteiger partial charge in [-0.1, -0.05) is 30.3 Å². The van der Waals surface area contributed by atoms with Gasteiger partial charge in [-0.15, -0.1) is 0 Å². The molecule has 0 spiro atoms. The molecule has 2 rings (SSSR count). The highest BCUT2D eigenvalue weighted by Gasteiger charge is 2.22. The van der Waals surface area contributed by atoms with Crippen molar-refractivity contribution in [3.63, 3.8) is 0 Å². The van der Waals surface area contributed by atoms with Crippen molar-refractivity contribution in [2.75, 3.05) is 14.1 Å². The van der Waals surface area contributed by atoms with Gasteiger partial charge >= 0.3 is 0 Å². The summed E-state index contributed by atoms with van der Waals surface area (Å²) in [5.74, 6) is 0. The molecule has 0 aliphatic rings. The number of nitrogens with zero attached hydrogens (tertiary/aromatic N) is 1. The van der Waals surface area contributed by atoms with E-state index >= 15 is 0 Å². The van der Waals surface area contributed by atoms with Crippen LogP contribution in [-0.2, 0) is 23.1 Å². The first-order valence-electron chi connectivity index (χ1n) is 6.36. The Morgan fingerprint density at radius 1 is 1.25 bits per heavy atom. The average Bonchev–Trinajstić information content (AvgIpc) is 2.89. The van der Waals surface area contributed by atoms with Crippen molar-refractivity contribution in [3.05, 3.63) is 53.9 Å². The molecular formula is C14H19N3O2S. The molecule has 0 aliphatic carbocycles. The van der Waals surface area contributed by atoms with Crippen LogP contribution in [0.4, 0.5) is 0 Å². The number of aromatic nitrogens is 1. The monoisotopic (exact) mass is 293 g/mol. The predicted octanol–water partition coefficient (Wildman–Crippen LogP) is 1.55.